The topological polar surface area (TPSA) is 244 Å². The van der Waals surface area contributed by atoms with Crippen molar-refractivity contribution in [2.45, 2.75) is 36.6 Å². The Morgan fingerprint density at radius 1 is 0.744 bits per heavy atom. The van der Waals surface area contributed by atoms with Crippen LogP contribution in [-0.2, 0) is 24.0 Å². The van der Waals surface area contributed by atoms with Crippen molar-refractivity contribution < 1.29 is 64.8 Å². The van der Waals surface area contributed by atoms with Crippen LogP contribution in [0.5, 0.6) is 0 Å². The highest BCUT2D eigenvalue weighted by Gasteiger charge is 2.52. The largest absolute Gasteiger partial charge is 0.480 e. The molecule has 0 saturated carbocycles. The standard InChI is InChI=1S/C22H40N4O13/c27-14-15-19(34)20(35)21(36)22(37,39-15)1-10-38-26-8-6-24(12-17(30)31)4-2-23(11-16(28)29)3-5-25(7-9-26)13-18(32)33/h15,19-21,27,34-37H,1-14H2,(H,28,29)(H,30,31)(H,32,33)/t15-,19+,20+,21-,22-/m1/s1. The molecule has 0 bridgehead atoms. The zero-order chi connectivity index (χ0) is 29.2. The number of aliphatic hydroxyl groups excluding tert-OH is 4. The zero-order valence-electron chi connectivity index (χ0n) is 21.6. The Labute approximate surface area is 224 Å². The van der Waals surface area contributed by atoms with Crippen LogP contribution in [-0.4, -0.2) is 194 Å². The second kappa shape index (κ2) is 15.7. The lowest BCUT2D eigenvalue weighted by Gasteiger charge is -2.45. The van der Waals surface area contributed by atoms with Crippen LogP contribution in [0, 0.1) is 0 Å². The number of rotatable bonds is 11. The first-order valence-corrected chi connectivity index (χ1v) is 12.6. The predicted molar refractivity (Wildman–Crippen MR) is 129 cm³/mol. The van der Waals surface area contributed by atoms with E-state index in [1.54, 1.807) is 14.7 Å². The molecule has 2 aliphatic rings. The molecule has 2 aliphatic heterocycles. The minimum atomic E-state index is -2.34. The second-order valence-corrected chi connectivity index (χ2v) is 9.63. The van der Waals surface area contributed by atoms with E-state index in [1.807, 2.05) is 0 Å². The average Bonchev–Trinajstić information content (AvgIpc) is 2.85. The van der Waals surface area contributed by atoms with Crippen LogP contribution in [0.4, 0.5) is 0 Å². The average molecular weight is 569 g/mol. The highest BCUT2D eigenvalue weighted by atomic mass is 16.7. The number of nitrogens with zero attached hydrogens (tertiary/aromatic N) is 4. The van der Waals surface area contributed by atoms with Crippen LogP contribution >= 0.6 is 0 Å². The maximum atomic E-state index is 11.4. The molecule has 39 heavy (non-hydrogen) atoms. The van der Waals surface area contributed by atoms with E-state index in [1.165, 1.54) is 5.06 Å². The summed E-state index contributed by atoms with van der Waals surface area (Å²) in [5.74, 6) is -5.54. The van der Waals surface area contributed by atoms with E-state index >= 15 is 0 Å². The van der Waals surface area contributed by atoms with Gasteiger partial charge in [-0.05, 0) is 0 Å². The van der Waals surface area contributed by atoms with Crippen molar-refractivity contribution in [3.8, 4) is 0 Å². The highest BCUT2D eigenvalue weighted by Crippen LogP contribution is 2.30. The van der Waals surface area contributed by atoms with Crippen LogP contribution in [0.25, 0.3) is 0 Å². The molecule has 0 aliphatic carbocycles. The molecule has 0 amide bonds. The maximum Gasteiger partial charge on any atom is 0.317 e. The summed E-state index contributed by atoms with van der Waals surface area (Å²) in [5.41, 5.74) is 0. The van der Waals surface area contributed by atoms with Gasteiger partial charge >= 0.3 is 17.9 Å². The quantitative estimate of drug-likeness (QED) is 0.116. The molecule has 2 heterocycles. The van der Waals surface area contributed by atoms with Gasteiger partial charge in [0.15, 0.2) is 5.79 Å². The summed E-state index contributed by atoms with van der Waals surface area (Å²) in [4.78, 5) is 44.6. The van der Waals surface area contributed by atoms with Crippen LogP contribution in [0.15, 0.2) is 0 Å². The van der Waals surface area contributed by atoms with Gasteiger partial charge < -0.3 is 45.6 Å². The fourth-order valence-corrected chi connectivity index (χ4v) is 4.44. The number of aliphatic carboxylic acids is 3. The van der Waals surface area contributed by atoms with Crippen molar-refractivity contribution in [3.63, 3.8) is 0 Å². The molecule has 2 fully saturated rings. The Morgan fingerprint density at radius 2 is 1.15 bits per heavy atom. The molecule has 226 valence electrons. The summed E-state index contributed by atoms with van der Waals surface area (Å²) in [7, 11) is 0. The summed E-state index contributed by atoms with van der Waals surface area (Å²) < 4.78 is 5.23. The number of carboxylic acid groups (broad SMARTS) is 3. The van der Waals surface area contributed by atoms with Crippen LogP contribution in [0.2, 0.25) is 0 Å². The SMILES string of the molecule is O=C(O)CN1CCN(CC(=O)O)CCN(OCC[C@@]2(O)O[C@H](CO)[C@H](O)[C@H](O)[C@H]2O)CCN(CC(=O)O)CC1. The summed E-state index contributed by atoms with van der Waals surface area (Å²) in [6.45, 7) is -0.189. The molecule has 0 unspecified atom stereocenters. The van der Waals surface area contributed by atoms with Gasteiger partial charge in [-0.2, -0.15) is 5.06 Å². The van der Waals surface area contributed by atoms with Crippen LogP contribution in [0.1, 0.15) is 6.42 Å². The molecule has 5 atom stereocenters. The van der Waals surface area contributed by atoms with E-state index in [4.69, 9.17) is 9.57 Å². The van der Waals surface area contributed by atoms with Gasteiger partial charge in [0.2, 0.25) is 0 Å². The molecule has 17 heteroatoms. The molecule has 0 radical (unpaired) electrons. The lowest BCUT2D eigenvalue weighted by atomic mass is 9.91. The van der Waals surface area contributed by atoms with Crippen LogP contribution in [0.3, 0.4) is 0 Å². The monoisotopic (exact) mass is 568 g/mol. The van der Waals surface area contributed by atoms with Crippen molar-refractivity contribution in [1.29, 1.82) is 0 Å². The molecule has 17 nitrogen and oxygen atoms in total. The van der Waals surface area contributed by atoms with Gasteiger partial charge in [0, 0.05) is 58.8 Å². The summed E-state index contributed by atoms with van der Waals surface area (Å²) >= 11 is 0. The lowest BCUT2D eigenvalue weighted by molar-refractivity contribution is -0.356. The number of aliphatic hydroxyl groups is 5. The first-order valence-electron chi connectivity index (χ1n) is 12.6. The van der Waals surface area contributed by atoms with Gasteiger partial charge in [-0.15, -0.1) is 0 Å². The second-order valence-electron chi connectivity index (χ2n) is 9.63. The normalized spacial score (nSPS) is 31.3. The third-order valence-electron chi connectivity index (χ3n) is 6.66. The molecule has 0 spiro atoms. The third kappa shape index (κ3) is 10.8. The summed E-state index contributed by atoms with van der Waals surface area (Å²) in [6, 6.07) is 0. The van der Waals surface area contributed by atoms with Crippen molar-refractivity contribution in [2.24, 2.45) is 0 Å². The van der Waals surface area contributed by atoms with Gasteiger partial charge in [0.25, 0.3) is 0 Å². The number of ether oxygens (including phenoxy) is 1. The van der Waals surface area contributed by atoms with Gasteiger partial charge in [-0.3, -0.25) is 33.9 Å². The van der Waals surface area contributed by atoms with E-state index in [-0.39, 0.29) is 85.0 Å². The fraction of sp³-hybridized carbons (Fsp3) is 0.864. The van der Waals surface area contributed by atoms with E-state index in [9.17, 15) is 55.2 Å². The summed E-state index contributed by atoms with van der Waals surface area (Å²) in [5, 5.41) is 79.5. The number of carbonyl (C=O) groups is 3. The van der Waals surface area contributed by atoms with Crippen molar-refractivity contribution in [3.05, 3.63) is 0 Å². The first kappa shape index (κ1) is 33.2. The van der Waals surface area contributed by atoms with Gasteiger partial charge in [0.1, 0.15) is 24.4 Å². The molecule has 2 saturated heterocycles. The number of hydrogen-bond donors (Lipinski definition) is 8. The van der Waals surface area contributed by atoms with Gasteiger partial charge in [-0.25, -0.2) is 0 Å². The van der Waals surface area contributed by atoms with E-state index in [2.05, 4.69) is 0 Å². The maximum absolute atomic E-state index is 11.4. The Kier molecular flexibility index (Phi) is 13.3. The fourth-order valence-electron chi connectivity index (χ4n) is 4.44. The Balaban J connectivity index is 2.10. The number of hydroxylamine groups is 2. The minimum absolute atomic E-state index is 0.162. The summed E-state index contributed by atoms with van der Waals surface area (Å²) in [6.07, 6.45) is -7.00. The van der Waals surface area contributed by atoms with E-state index < -0.39 is 54.7 Å². The van der Waals surface area contributed by atoms with Crippen molar-refractivity contribution in [1.82, 2.24) is 19.8 Å². The molecule has 0 aromatic carbocycles. The Morgan fingerprint density at radius 3 is 1.54 bits per heavy atom. The molecular weight excluding hydrogens is 528 g/mol. The number of hydrogen-bond acceptors (Lipinski definition) is 14. The van der Waals surface area contributed by atoms with E-state index in [0.29, 0.717) is 0 Å². The highest BCUT2D eigenvalue weighted by molar-refractivity contribution is 5.69. The minimum Gasteiger partial charge on any atom is -0.480 e. The molecule has 0 aromatic heterocycles. The van der Waals surface area contributed by atoms with Crippen molar-refractivity contribution in [2.75, 3.05) is 85.2 Å². The zero-order valence-corrected chi connectivity index (χ0v) is 21.6. The van der Waals surface area contributed by atoms with Crippen LogP contribution < -0.4 is 0 Å². The first-order chi connectivity index (χ1) is 18.3. The smallest absolute Gasteiger partial charge is 0.317 e. The Bertz CT molecular complexity index is 774. The predicted octanol–water partition coefficient (Wildman–Crippen LogP) is -5.05. The van der Waals surface area contributed by atoms with Gasteiger partial charge in [-0.1, -0.05) is 0 Å². The van der Waals surface area contributed by atoms with Crippen molar-refractivity contribution >= 4 is 17.9 Å². The molecule has 8 N–H and O–H groups in total. The molecule has 2 rings (SSSR count). The molecule has 0 aromatic rings. The Hall–Kier alpha value is -2.03. The number of carboxylic acids is 3. The third-order valence-corrected chi connectivity index (χ3v) is 6.66. The molecular formula is C22H40N4O13. The lowest BCUT2D eigenvalue weighted by Crippen LogP contribution is -2.65. The van der Waals surface area contributed by atoms with Gasteiger partial charge in [0.05, 0.1) is 32.8 Å². The van der Waals surface area contributed by atoms with E-state index in [0.717, 1.165) is 0 Å².